The molecule has 0 aromatic rings. The van der Waals surface area contributed by atoms with Crippen LogP contribution in [0.5, 0.6) is 0 Å². The summed E-state index contributed by atoms with van der Waals surface area (Å²) in [7, 11) is 1.49. The maximum Gasteiger partial charge on any atom is 0.0141 e. The lowest BCUT2D eigenvalue weighted by Gasteiger charge is -1.75. The third-order valence-corrected chi connectivity index (χ3v) is 0. The summed E-state index contributed by atoms with van der Waals surface area (Å²) in [6.45, 7) is 4.73. The van der Waals surface area contributed by atoms with E-state index in [0.717, 1.165) is 0 Å². The van der Waals surface area contributed by atoms with Crippen LogP contribution < -0.4 is 0 Å². The van der Waals surface area contributed by atoms with Gasteiger partial charge in [0.25, 0.3) is 0 Å². The number of hydrogen-bond acceptors (Lipinski definition) is 0. The van der Waals surface area contributed by atoms with Crippen LogP contribution in [0.1, 0.15) is 0 Å². The Kier molecular flexibility index (Phi) is 1.91. The van der Waals surface area contributed by atoms with Crippen LogP contribution in [0, 0.1) is 0 Å². The predicted octanol–water partition coefficient (Wildman–Crippen LogP) is -0.665. The monoisotopic (exact) mass is 90.0 g/mol. The van der Waals surface area contributed by atoms with E-state index >= 15 is 0 Å². The largest absolute Gasteiger partial charge is 0.0748 e. The molecule has 26 valence electrons. The van der Waals surface area contributed by atoms with Gasteiger partial charge in [-0.05, 0) is 9.76 Å². The highest BCUT2D eigenvalue weighted by atomic mass is 29.1. The van der Waals surface area contributed by atoms with Gasteiger partial charge in [0.05, 0.1) is 0 Å². The zero-order chi connectivity index (χ0) is 3.58. The molecule has 4 heavy (non-hydrogen) atoms. The second-order valence-corrected chi connectivity index (χ2v) is 12.1. The molecular formula is C2H10Si2. The zero-order valence-electron chi connectivity index (χ0n) is 3.58. The summed E-state index contributed by atoms with van der Waals surface area (Å²) in [4.78, 5) is 0. The second kappa shape index (κ2) is 1.72. The average molecular weight is 90.3 g/mol. The first-order chi connectivity index (χ1) is 1.73. The van der Waals surface area contributed by atoms with Crippen LogP contribution >= 0.6 is 0 Å². The molecule has 0 spiro atoms. The van der Waals surface area contributed by atoms with Crippen molar-refractivity contribution in [2.24, 2.45) is 0 Å². The average Bonchev–Trinajstić information content (AvgIpc) is 0.811. The molecule has 0 saturated heterocycles. The summed E-state index contributed by atoms with van der Waals surface area (Å²) in [5.74, 6) is 0. The fraction of sp³-hybridized carbons (Fsp3) is 1.00. The first-order valence-electron chi connectivity index (χ1n) is 1.73. The fourth-order valence-corrected chi connectivity index (χ4v) is 0. The van der Waals surface area contributed by atoms with Gasteiger partial charge in [0.15, 0.2) is 0 Å². The smallest absolute Gasteiger partial charge is 0.0141 e. The van der Waals surface area contributed by atoms with E-state index in [0.29, 0.717) is 0 Å². The molecule has 0 bridgehead atoms. The first kappa shape index (κ1) is 4.43. The van der Waals surface area contributed by atoms with E-state index < -0.39 is 0 Å². The molecule has 0 atom stereocenters. The maximum atomic E-state index is 2.37. The number of hydrogen-bond donors (Lipinski definition) is 0. The molecule has 0 aromatic heterocycles. The van der Waals surface area contributed by atoms with Gasteiger partial charge in [0.2, 0.25) is 0 Å². The van der Waals surface area contributed by atoms with Gasteiger partial charge in [-0.1, -0.05) is 13.1 Å². The molecule has 0 heterocycles. The van der Waals surface area contributed by atoms with Crippen molar-refractivity contribution in [2.75, 3.05) is 0 Å². The Labute approximate surface area is 32.0 Å². The quantitative estimate of drug-likeness (QED) is 0.346. The predicted molar refractivity (Wildman–Crippen MR) is 28.8 cm³/mol. The van der Waals surface area contributed by atoms with Gasteiger partial charge < -0.3 is 0 Å². The molecule has 2 heteroatoms. The summed E-state index contributed by atoms with van der Waals surface area (Å²) >= 11 is 0. The maximum absolute atomic E-state index is 2.37. The first-order valence-corrected chi connectivity index (χ1v) is 8.66. The van der Waals surface area contributed by atoms with Crippen molar-refractivity contribution in [1.29, 1.82) is 0 Å². The van der Waals surface area contributed by atoms with Crippen molar-refractivity contribution in [2.45, 2.75) is 13.1 Å². The Balaban J connectivity index is 2.32. The van der Waals surface area contributed by atoms with Crippen LogP contribution in [-0.4, -0.2) is 18.1 Å². The standard InChI is InChI=1S/C2H10Si2/c1-4(2)3/h4H,1-3H3. The molecule has 0 rings (SSSR count). The summed E-state index contributed by atoms with van der Waals surface area (Å²) in [6.07, 6.45) is 0. The normalized spacial score (nSPS) is 9.75. The van der Waals surface area contributed by atoms with E-state index in [1.54, 1.807) is 0 Å². The summed E-state index contributed by atoms with van der Waals surface area (Å²) in [6, 6.07) is 0. The van der Waals surface area contributed by atoms with Crippen LogP contribution in [0.4, 0.5) is 0 Å². The Morgan fingerprint density at radius 1 is 1.50 bits per heavy atom. The third kappa shape index (κ3) is 26.6. The van der Waals surface area contributed by atoms with Crippen molar-refractivity contribution in [3.05, 3.63) is 0 Å². The van der Waals surface area contributed by atoms with E-state index in [-0.39, 0.29) is 8.31 Å². The van der Waals surface area contributed by atoms with Crippen LogP contribution in [0.3, 0.4) is 0 Å². The molecule has 0 unspecified atom stereocenters. The highest BCUT2D eigenvalue weighted by molar-refractivity contribution is 7.01. The van der Waals surface area contributed by atoms with Crippen LogP contribution in [0.2, 0.25) is 13.1 Å². The van der Waals surface area contributed by atoms with Crippen LogP contribution in [0.25, 0.3) is 0 Å². The Hall–Kier alpha value is 0.434. The van der Waals surface area contributed by atoms with Crippen molar-refractivity contribution in [1.82, 2.24) is 0 Å². The minimum Gasteiger partial charge on any atom is -0.0748 e. The Morgan fingerprint density at radius 2 is 1.50 bits per heavy atom. The van der Waals surface area contributed by atoms with Gasteiger partial charge in [0.1, 0.15) is 0 Å². The highest BCUT2D eigenvalue weighted by Crippen LogP contribution is 1.59. The molecule has 0 fully saturated rings. The summed E-state index contributed by atoms with van der Waals surface area (Å²) < 4.78 is 0. The van der Waals surface area contributed by atoms with E-state index in [1.165, 1.54) is 9.76 Å². The molecule has 0 aliphatic heterocycles. The molecule has 0 saturated carbocycles. The topological polar surface area (TPSA) is 0 Å². The van der Waals surface area contributed by atoms with E-state index in [9.17, 15) is 0 Å². The van der Waals surface area contributed by atoms with Gasteiger partial charge in [-0.25, -0.2) is 0 Å². The molecule has 0 amide bonds. The molecule has 0 N–H and O–H groups in total. The van der Waals surface area contributed by atoms with Crippen molar-refractivity contribution >= 4 is 18.1 Å². The summed E-state index contributed by atoms with van der Waals surface area (Å²) in [5.41, 5.74) is 0. The lowest BCUT2D eigenvalue weighted by atomic mass is 11.9. The highest BCUT2D eigenvalue weighted by Gasteiger charge is 1.71. The SMILES string of the molecule is C[SiH](C)[SiH3]. The lowest BCUT2D eigenvalue weighted by molar-refractivity contribution is 2.10. The molecular weight excluding hydrogens is 80.2 g/mol. The van der Waals surface area contributed by atoms with Crippen LogP contribution in [-0.2, 0) is 0 Å². The van der Waals surface area contributed by atoms with E-state index in [2.05, 4.69) is 13.1 Å². The second-order valence-electron chi connectivity index (χ2n) is 1.73. The molecule has 0 aliphatic rings. The number of rotatable bonds is 0. The van der Waals surface area contributed by atoms with E-state index in [4.69, 9.17) is 0 Å². The van der Waals surface area contributed by atoms with Crippen LogP contribution in [0.15, 0.2) is 0 Å². The van der Waals surface area contributed by atoms with Crippen molar-refractivity contribution in [3.8, 4) is 0 Å². The van der Waals surface area contributed by atoms with Gasteiger partial charge in [-0.15, -0.1) is 0 Å². The molecule has 0 aromatic carbocycles. The van der Waals surface area contributed by atoms with E-state index in [1.807, 2.05) is 0 Å². The lowest BCUT2D eigenvalue weighted by Crippen LogP contribution is -1.94. The zero-order valence-corrected chi connectivity index (χ0v) is 6.73. The van der Waals surface area contributed by atoms with Gasteiger partial charge >= 0.3 is 0 Å². The van der Waals surface area contributed by atoms with Crippen molar-refractivity contribution < 1.29 is 0 Å². The van der Waals surface area contributed by atoms with Crippen molar-refractivity contribution in [3.63, 3.8) is 0 Å². The van der Waals surface area contributed by atoms with Gasteiger partial charge in [-0.2, -0.15) is 0 Å². The Morgan fingerprint density at radius 3 is 1.50 bits per heavy atom. The minimum absolute atomic E-state index is 0.000000000000000222. The van der Waals surface area contributed by atoms with Gasteiger partial charge in [0, 0.05) is 8.31 Å². The molecule has 0 nitrogen and oxygen atoms in total. The minimum atomic E-state index is -0.000000000000000222. The Bertz CT molecular complexity index is 8.75. The van der Waals surface area contributed by atoms with Gasteiger partial charge in [-0.3, -0.25) is 0 Å². The molecule has 0 aliphatic carbocycles. The molecule has 0 radical (unpaired) electrons. The fourth-order valence-electron chi connectivity index (χ4n) is 0. The summed E-state index contributed by atoms with van der Waals surface area (Å²) in [5, 5.41) is 0. The third-order valence-electron chi connectivity index (χ3n) is 0.